The highest BCUT2D eigenvalue weighted by Gasteiger charge is 1.99. The van der Waals surface area contributed by atoms with Gasteiger partial charge in [0.1, 0.15) is 6.73 Å². The van der Waals surface area contributed by atoms with E-state index in [-0.39, 0.29) is 0 Å². The molecule has 1 heterocycles. The zero-order valence-corrected chi connectivity index (χ0v) is 17.9. The number of ether oxygens (including phenoxy) is 3. The molecule has 1 rings (SSSR count). The van der Waals surface area contributed by atoms with Crippen LogP contribution in [-0.2, 0) is 14.2 Å². The van der Waals surface area contributed by atoms with Crippen LogP contribution in [0.1, 0.15) is 6.42 Å². The van der Waals surface area contributed by atoms with E-state index in [1.807, 2.05) is 0 Å². The monoisotopic (exact) mass is 438 g/mol. The van der Waals surface area contributed by atoms with Gasteiger partial charge < -0.3 is 46.1 Å². The van der Waals surface area contributed by atoms with Gasteiger partial charge in [-0.15, -0.1) is 0 Å². The second kappa shape index (κ2) is 17.1. The summed E-state index contributed by atoms with van der Waals surface area (Å²) >= 11 is 15.5. The molecule has 27 heavy (non-hydrogen) atoms. The van der Waals surface area contributed by atoms with E-state index in [0.717, 1.165) is 13.0 Å². The average molecular weight is 439 g/mol. The molecular weight excluding hydrogens is 408 g/mol. The number of thiocarbonyl (C=S) groups is 3. The van der Waals surface area contributed by atoms with Crippen LogP contribution in [-0.4, -0.2) is 87.8 Å². The van der Waals surface area contributed by atoms with E-state index in [0.29, 0.717) is 81.3 Å². The van der Waals surface area contributed by atoms with Gasteiger partial charge in [0, 0.05) is 32.7 Å². The summed E-state index contributed by atoms with van der Waals surface area (Å²) in [5.74, 6) is 0. The van der Waals surface area contributed by atoms with Gasteiger partial charge >= 0.3 is 0 Å². The van der Waals surface area contributed by atoms with Crippen molar-refractivity contribution in [3.63, 3.8) is 0 Å². The summed E-state index contributed by atoms with van der Waals surface area (Å²) in [6, 6.07) is 0. The van der Waals surface area contributed by atoms with Crippen molar-refractivity contribution in [2.45, 2.75) is 6.42 Å². The third-order valence-corrected chi connectivity index (χ3v) is 4.08. The molecule has 0 aliphatic carbocycles. The summed E-state index contributed by atoms with van der Waals surface area (Å²) in [4.78, 5) is 0. The van der Waals surface area contributed by atoms with Crippen molar-refractivity contribution >= 4 is 52.0 Å². The van der Waals surface area contributed by atoms with Crippen LogP contribution in [0.25, 0.3) is 0 Å². The molecule has 0 atom stereocenters. The molecule has 12 heteroatoms. The molecule has 0 amide bonds. The number of rotatable bonds is 0. The van der Waals surface area contributed by atoms with Crippen LogP contribution in [0.15, 0.2) is 0 Å². The van der Waals surface area contributed by atoms with E-state index >= 15 is 0 Å². The van der Waals surface area contributed by atoms with Crippen LogP contribution in [0.4, 0.5) is 0 Å². The van der Waals surface area contributed by atoms with Crippen molar-refractivity contribution < 1.29 is 14.2 Å². The van der Waals surface area contributed by atoms with Crippen molar-refractivity contribution in [1.29, 1.82) is 0 Å². The number of hydrogen-bond donors (Lipinski definition) is 6. The van der Waals surface area contributed by atoms with E-state index in [4.69, 9.17) is 50.9 Å². The predicted molar refractivity (Wildman–Crippen MR) is 118 cm³/mol. The highest BCUT2D eigenvalue weighted by Crippen LogP contribution is 1.82. The zero-order valence-electron chi connectivity index (χ0n) is 15.4. The molecule has 1 aliphatic rings. The summed E-state index contributed by atoms with van der Waals surface area (Å²) in [6.07, 6.45) is 0.841. The smallest absolute Gasteiger partial charge is 0.168 e. The van der Waals surface area contributed by atoms with E-state index in [2.05, 4.69) is 31.9 Å². The Labute approximate surface area is 177 Å². The minimum Gasteiger partial charge on any atom is -0.378 e. The molecule has 0 radical (unpaired) electrons. The lowest BCUT2D eigenvalue weighted by Gasteiger charge is -2.14. The van der Waals surface area contributed by atoms with Gasteiger partial charge in [-0.05, 0) is 43.1 Å². The second-order valence-electron chi connectivity index (χ2n) is 5.43. The highest BCUT2D eigenvalue weighted by molar-refractivity contribution is 7.80. The van der Waals surface area contributed by atoms with E-state index < -0.39 is 0 Å². The molecule has 1 saturated heterocycles. The van der Waals surface area contributed by atoms with Gasteiger partial charge in [-0.1, -0.05) is 0 Å². The molecule has 0 aromatic carbocycles. The van der Waals surface area contributed by atoms with E-state index in [1.54, 1.807) is 0 Å². The maximum Gasteiger partial charge on any atom is 0.168 e. The van der Waals surface area contributed by atoms with Crippen molar-refractivity contribution in [3.05, 3.63) is 0 Å². The fraction of sp³-hybridized carbons (Fsp3) is 0.800. The van der Waals surface area contributed by atoms with Crippen LogP contribution >= 0.6 is 36.7 Å². The van der Waals surface area contributed by atoms with Crippen molar-refractivity contribution in [2.24, 2.45) is 0 Å². The summed E-state index contributed by atoms with van der Waals surface area (Å²) in [6.45, 7) is 6.51. The van der Waals surface area contributed by atoms with Gasteiger partial charge in [-0.2, -0.15) is 0 Å². The lowest BCUT2D eigenvalue weighted by atomic mass is 10.4. The molecule has 9 nitrogen and oxygen atoms in total. The lowest BCUT2D eigenvalue weighted by Crippen LogP contribution is -2.40. The lowest BCUT2D eigenvalue weighted by molar-refractivity contribution is 0.126. The molecule has 0 spiro atoms. The topological polar surface area (TPSA) is 99.9 Å². The highest BCUT2D eigenvalue weighted by atomic mass is 32.1. The van der Waals surface area contributed by atoms with Gasteiger partial charge in [0.2, 0.25) is 0 Å². The Morgan fingerprint density at radius 2 is 0.889 bits per heavy atom. The van der Waals surface area contributed by atoms with Crippen LogP contribution in [0.5, 0.6) is 0 Å². The Kier molecular flexibility index (Phi) is 15.2. The summed E-state index contributed by atoms with van der Waals surface area (Å²) in [5.41, 5.74) is 0. The molecule has 6 N–H and O–H groups in total. The fourth-order valence-electron chi connectivity index (χ4n) is 1.90. The second-order valence-corrected chi connectivity index (χ2v) is 6.65. The molecule has 0 aromatic heterocycles. The molecule has 156 valence electrons. The molecule has 0 aromatic rings. The van der Waals surface area contributed by atoms with Crippen LogP contribution in [0, 0.1) is 0 Å². The summed E-state index contributed by atoms with van der Waals surface area (Å²) in [5, 5.41) is 20.1. The third kappa shape index (κ3) is 15.7. The standard InChI is InChI=1S/C15H30N6O3S3/c25-13-16-2-1-7-24-12-21-15(27)20-6-11-23-10-5-19-14(26)18-4-9-22-8-3-17-13/h1-12H2,(H2,16,17,25)(H2,18,19,26)(H2,20,21,27). The Balaban J connectivity index is 2.22. The number of hydrogen-bond acceptors (Lipinski definition) is 6. The Morgan fingerprint density at radius 3 is 1.37 bits per heavy atom. The predicted octanol–water partition coefficient (Wildman–Crippen LogP) is -1.21. The minimum atomic E-state index is 0.362. The van der Waals surface area contributed by atoms with Crippen molar-refractivity contribution in [1.82, 2.24) is 31.9 Å². The maximum absolute atomic E-state index is 5.51. The van der Waals surface area contributed by atoms with Crippen molar-refractivity contribution in [3.8, 4) is 0 Å². The first-order valence-electron chi connectivity index (χ1n) is 8.97. The number of nitrogens with one attached hydrogen (secondary N) is 6. The van der Waals surface area contributed by atoms with Gasteiger partial charge in [-0.25, -0.2) is 0 Å². The first-order chi connectivity index (χ1) is 13.2. The maximum atomic E-state index is 5.51. The summed E-state index contributed by atoms with van der Waals surface area (Å²) in [7, 11) is 0. The summed E-state index contributed by atoms with van der Waals surface area (Å²) < 4.78 is 16.5. The fourth-order valence-corrected chi connectivity index (χ4v) is 2.47. The molecule has 0 bridgehead atoms. The normalized spacial score (nSPS) is 21.1. The van der Waals surface area contributed by atoms with Gasteiger partial charge in [-0.3, -0.25) is 0 Å². The molecule has 0 saturated carbocycles. The van der Waals surface area contributed by atoms with Crippen LogP contribution < -0.4 is 31.9 Å². The Bertz CT molecular complexity index is 353. The minimum absolute atomic E-state index is 0.362. The first-order valence-corrected chi connectivity index (χ1v) is 10.2. The largest absolute Gasteiger partial charge is 0.378 e. The van der Waals surface area contributed by atoms with Crippen molar-refractivity contribution in [2.75, 3.05) is 72.5 Å². The van der Waals surface area contributed by atoms with Gasteiger partial charge in [0.25, 0.3) is 0 Å². The Hall–Kier alpha value is -1.05. The quantitative estimate of drug-likeness (QED) is 0.256. The molecule has 1 aliphatic heterocycles. The molecule has 0 unspecified atom stereocenters. The van der Waals surface area contributed by atoms with Crippen LogP contribution in [0.2, 0.25) is 0 Å². The zero-order chi connectivity index (χ0) is 19.6. The molecular formula is C15H30N6O3S3. The SMILES string of the molecule is S=C1NCCCOCNC(=S)NCCOCCNC(=S)NCCOCCN1. The van der Waals surface area contributed by atoms with Gasteiger partial charge in [0.05, 0.1) is 33.0 Å². The van der Waals surface area contributed by atoms with E-state index in [1.165, 1.54) is 0 Å². The van der Waals surface area contributed by atoms with E-state index in [9.17, 15) is 0 Å². The first kappa shape index (κ1) is 24.0. The van der Waals surface area contributed by atoms with Gasteiger partial charge in [0.15, 0.2) is 15.3 Å². The Morgan fingerprint density at radius 1 is 0.481 bits per heavy atom. The molecule has 1 fully saturated rings. The van der Waals surface area contributed by atoms with Crippen LogP contribution in [0.3, 0.4) is 0 Å². The average Bonchev–Trinajstić information content (AvgIpc) is 2.65. The third-order valence-electron chi connectivity index (χ3n) is 3.21.